The maximum atomic E-state index is 12.6. The summed E-state index contributed by atoms with van der Waals surface area (Å²) >= 11 is 0. The van der Waals surface area contributed by atoms with E-state index in [0.717, 1.165) is 44.2 Å². The molecule has 7 heteroatoms. The van der Waals surface area contributed by atoms with Crippen molar-refractivity contribution in [1.29, 1.82) is 5.26 Å². The first-order valence-corrected chi connectivity index (χ1v) is 10.9. The maximum absolute atomic E-state index is 12.6. The molecule has 0 spiro atoms. The third kappa shape index (κ3) is 5.21. The van der Waals surface area contributed by atoms with E-state index < -0.39 is 0 Å². The number of benzene rings is 2. The van der Waals surface area contributed by atoms with Gasteiger partial charge in [-0.3, -0.25) is 9.69 Å². The van der Waals surface area contributed by atoms with E-state index in [-0.39, 0.29) is 18.3 Å². The second-order valence-electron chi connectivity index (χ2n) is 8.39. The molecular formula is C25H28N4O3. The molecule has 0 aromatic heterocycles. The zero-order valence-electron chi connectivity index (χ0n) is 18.5. The molecule has 2 aromatic carbocycles. The van der Waals surface area contributed by atoms with Crippen molar-refractivity contribution >= 4 is 11.6 Å². The van der Waals surface area contributed by atoms with E-state index in [9.17, 15) is 10.1 Å². The summed E-state index contributed by atoms with van der Waals surface area (Å²) in [5.74, 6) is 1.64. The zero-order valence-corrected chi connectivity index (χ0v) is 18.5. The highest BCUT2D eigenvalue weighted by Gasteiger charge is 2.19. The molecule has 0 radical (unpaired) electrons. The van der Waals surface area contributed by atoms with Crippen molar-refractivity contribution in [2.24, 2.45) is 0 Å². The van der Waals surface area contributed by atoms with E-state index in [1.807, 2.05) is 47.4 Å². The Hall–Kier alpha value is -3.50. The number of fused-ring (bicyclic) bond motifs is 1. The lowest BCUT2D eigenvalue weighted by atomic mass is 10.0. The van der Waals surface area contributed by atoms with Crippen molar-refractivity contribution in [2.45, 2.75) is 26.3 Å². The van der Waals surface area contributed by atoms with Gasteiger partial charge in [-0.2, -0.15) is 5.26 Å². The van der Waals surface area contributed by atoms with Gasteiger partial charge in [0.1, 0.15) is 11.6 Å². The van der Waals surface area contributed by atoms with E-state index in [2.05, 4.69) is 30.1 Å². The molecule has 2 aliphatic heterocycles. The SMILES string of the molecule is CC(C)c1ccc(NC(=O)/C(C#N)=C\N2CCN(Cc3ccc4c(c3)OCO4)CC2)cc1. The van der Waals surface area contributed by atoms with Crippen LogP contribution in [0.3, 0.4) is 0 Å². The fourth-order valence-corrected chi connectivity index (χ4v) is 3.82. The van der Waals surface area contributed by atoms with E-state index in [1.165, 1.54) is 11.1 Å². The average molecular weight is 433 g/mol. The molecule has 2 aromatic rings. The Balaban J connectivity index is 1.30. The predicted molar refractivity (Wildman–Crippen MR) is 122 cm³/mol. The summed E-state index contributed by atoms with van der Waals surface area (Å²) in [6, 6.07) is 15.8. The number of nitrogens with one attached hydrogen (secondary N) is 1. The standard InChI is InChI=1S/C25H28N4O3/c1-18(2)20-4-6-22(7-5-20)27-25(30)21(14-26)16-29-11-9-28(10-12-29)15-19-3-8-23-24(13-19)32-17-31-23/h3-8,13,16,18H,9-12,15,17H2,1-2H3,(H,27,30)/b21-16-. The Kier molecular flexibility index (Phi) is 6.62. The van der Waals surface area contributed by atoms with Gasteiger partial charge in [-0.1, -0.05) is 32.0 Å². The van der Waals surface area contributed by atoms with Crippen LogP contribution in [0.1, 0.15) is 30.9 Å². The van der Waals surface area contributed by atoms with Gasteiger partial charge in [-0.05, 0) is 41.3 Å². The molecule has 1 N–H and O–H groups in total. The van der Waals surface area contributed by atoms with Crippen LogP contribution in [0.15, 0.2) is 54.2 Å². The number of amides is 1. The Labute approximate surface area is 188 Å². The summed E-state index contributed by atoms with van der Waals surface area (Å²) in [6.07, 6.45) is 1.68. The van der Waals surface area contributed by atoms with E-state index in [1.54, 1.807) is 6.20 Å². The Morgan fingerprint density at radius 1 is 1.09 bits per heavy atom. The molecule has 0 bridgehead atoms. The summed E-state index contributed by atoms with van der Waals surface area (Å²) in [7, 11) is 0. The van der Waals surface area contributed by atoms with Crippen molar-refractivity contribution in [3.8, 4) is 17.6 Å². The highest BCUT2D eigenvalue weighted by Crippen LogP contribution is 2.32. The lowest BCUT2D eigenvalue weighted by molar-refractivity contribution is -0.112. The minimum Gasteiger partial charge on any atom is -0.454 e. The number of hydrogen-bond acceptors (Lipinski definition) is 6. The van der Waals surface area contributed by atoms with Gasteiger partial charge in [0.2, 0.25) is 6.79 Å². The van der Waals surface area contributed by atoms with Crippen LogP contribution < -0.4 is 14.8 Å². The number of carbonyl (C=O) groups is 1. The molecule has 7 nitrogen and oxygen atoms in total. The molecule has 0 unspecified atom stereocenters. The van der Waals surface area contributed by atoms with Crippen LogP contribution in [0.4, 0.5) is 5.69 Å². The van der Waals surface area contributed by atoms with Crippen LogP contribution in [0, 0.1) is 11.3 Å². The van der Waals surface area contributed by atoms with Crippen LogP contribution in [0.2, 0.25) is 0 Å². The summed E-state index contributed by atoms with van der Waals surface area (Å²) in [5, 5.41) is 12.3. The van der Waals surface area contributed by atoms with Gasteiger partial charge >= 0.3 is 0 Å². The molecule has 1 fully saturated rings. The molecule has 166 valence electrons. The molecule has 0 saturated carbocycles. The zero-order chi connectivity index (χ0) is 22.5. The second kappa shape index (κ2) is 9.75. The first kappa shape index (κ1) is 21.7. The van der Waals surface area contributed by atoms with Crippen molar-refractivity contribution in [3.05, 3.63) is 65.4 Å². The number of carbonyl (C=O) groups excluding carboxylic acids is 1. The minimum atomic E-state index is -0.382. The highest BCUT2D eigenvalue weighted by atomic mass is 16.7. The first-order chi connectivity index (χ1) is 15.5. The number of piperazine rings is 1. The highest BCUT2D eigenvalue weighted by molar-refractivity contribution is 6.06. The first-order valence-electron chi connectivity index (χ1n) is 10.9. The van der Waals surface area contributed by atoms with Gasteiger partial charge in [0, 0.05) is 44.6 Å². The lowest BCUT2D eigenvalue weighted by Gasteiger charge is -2.34. The van der Waals surface area contributed by atoms with Gasteiger partial charge in [-0.25, -0.2) is 0 Å². The summed E-state index contributed by atoms with van der Waals surface area (Å²) in [5.41, 5.74) is 3.19. The smallest absolute Gasteiger partial charge is 0.267 e. The number of nitriles is 1. The van der Waals surface area contributed by atoms with Crippen LogP contribution in [-0.4, -0.2) is 48.7 Å². The molecule has 1 saturated heterocycles. The van der Waals surface area contributed by atoms with E-state index >= 15 is 0 Å². The van der Waals surface area contributed by atoms with Gasteiger partial charge in [0.05, 0.1) is 0 Å². The normalized spacial score (nSPS) is 16.2. The lowest BCUT2D eigenvalue weighted by Crippen LogP contribution is -2.43. The topological polar surface area (TPSA) is 77.8 Å². The number of nitrogens with zero attached hydrogens (tertiary/aromatic N) is 3. The third-order valence-electron chi connectivity index (χ3n) is 5.76. The van der Waals surface area contributed by atoms with Crippen molar-refractivity contribution in [1.82, 2.24) is 9.80 Å². The molecule has 32 heavy (non-hydrogen) atoms. The van der Waals surface area contributed by atoms with Crippen molar-refractivity contribution in [3.63, 3.8) is 0 Å². The average Bonchev–Trinajstić information content (AvgIpc) is 3.27. The van der Waals surface area contributed by atoms with Gasteiger partial charge in [-0.15, -0.1) is 0 Å². The fourth-order valence-electron chi connectivity index (χ4n) is 3.82. The van der Waals surface area contributed by atoms with Crippen molar-refractivity contribution in [2.75, 3.05) is 38.3 Å². The van der Waals surface area contributed by atoms with Crippen LogP contribution in [0.5, 0.6) is 11.5 Å². The molecule has 4 rings (SSSR count). The van der Waals surface area contributed by atoms with Crippen LogP contribution >= 0.6 is 0 Å². The third-order valence-corrected chi connectivity index (χ3v) is 5.76. The van der Waals surface area contributed by atoms with Crippen LogP contribution in [0.25, 0.3) is 0 Å². The summed E-state index contributed by atoms with van der Waals surface area (Å²) in [4.78, 5) is 17.0. The van der Waals surface area contributed by atoms with Crippen LogP contribution in [-0.2, 0) is 11.3 Å². The Morgan fingerprint density at radius 2 is 1.81 bits per heavy atom. The molecule has 1 amide bonds. The predicted octanol–water partition coefficient (Wildman–Crippen LogP) is 3.70. The Bertz CT molecular complexity index is 1030. The molecule has 2 heterocycles. The van der Waals surface area contributed by atoms with Gasteiger partial charge < -0.3 is 19.7 Å². The maximum Gasteiger partial charge on any atom is 0.267 e. The monoisotopic (exact) mass is 432 g/mol. The molecule has 2 aliphatic rings. The van der Waals surface area contributed by atoms with Gasteiger partial charge in [0.15, 0.2) is 11.5 Å². The fraction of sp³-hybridized carbons (Fsp3) is 0.360. The molecule has 0 atom stereocenters. The number of rotatable bonds is 6. The number of hydrogen-bond donors (Lipinski definition) is 1. The summed E-state index contributed by atoms with van der Waals surface area (Å²) in [6.45, 7) is 8.56. The quantitative estimate of drug-likeness (QED) is 0.554. The largest absolute Gasteiger partial charge is 0.454 e. The Morgan fingerprint density at radius 3 is 2.50 bits per heavy atom. The summed E-state index contributed by atoms with van der Waals surface area (Å²) < 4.78 is 10.8. The van der Waals surface area contributed by atoms with E-state index in [4.69, 9.17) is 9.47 Å². The van der Waals surface area contributed by atoms with Crippen molar-refractivity contribution < 1.29 is 14.3 Å². The molecular weight excluding hydrogens is 404 g/mol. The minimum absolute atomic E-state index is 0.113. The number of ether oxygens (including phenoxy) is 2. The second-order valence-corrected chi connectivity index (χ2v) is 8.39. The number of anilines is 1. The van der Waals surface area contributed by atoms with Gasteiger partial charge in [0.25, 0.3) is 5.91 Å². The molecule has 0 aliphatic carbocycles. The van der Waals surface area contributed by atoms with E-state index in [0.29, 0.717) is 11.6 Å².